The molecule has 0 unspecified atom stereocenters. The molecule has 34 N–H and O–H groups in total. The van der Waals surface area contributed by atoms with Gasteiger partial charge < -0.3 is 93.1 Å². The van der Waals surface area contributed by atoms with Gasteiger partial charge in [-0.2, -0.15) is 0 Å². The Morgan fingerprint density at radius 1 is 0.0833 bits per heavy atom. The molecule has 0 saturated carbocycles. The minimum atomic E-state index is 0. The smallest absolute Gasteiger partial charge is 0 e. The van der Waals surface area contributed by atoms with Gasteiger partial charge in [-0.15, -0.1) is 0 Å². The molecule has 24 heavy (non-hydrogen) atoms. The van der Waals surface area contributed by atoms with Gasteiger partial charge in [-0.05, 0) is 0 Å². The molecule has 0 aromatic rings. The van der Waals surface area contributed by atoms with Gasteiger partial charge in [0.15, 0.2) is 0 Å². The zero-order valence-corrected chi connectivity index (χ0v) is 34.2. The Morgan fingerprint density at radius 2 is 0.0833 bits per heavy atom. The molecule has 0 rings (SSSR count). The van der Waals surface area contributed by atoms with Crippen LogP contribution in [-0.2, 0) is 136 Å². The van der Waals surface area contributed by atoms with Crippen molar-refractivity contribution in [1.29, 1.82) is 0 Å². The molecular formula is H34O17Zn7. The molecule has 0 spiro atoms. The molecule has 0 amide bonds. The molecule has 0 radical (unpaired) electrons. The van der Waals surface area contributed by atoms with Crippen LogP contribution < -0.4 is 0 Å². The summed E-state index contributed by atoms with van der Waals surface area (Å²) in [6.45, 7) is 0. The molecule has 0 bridgehead atoms. The van der Waals surface area contributed by atoms with Crippen LogP contribution in [-0.4, -0.2) is 93.1 Å². The first-order valence-electron chi connectivity index (χ1n) is 0. The van der Waals surface area contributed by atoms with Crippen molar-refractivity contribution in [3.05, 3.63) is 0 Å². The quantitative estimate of drug-likeness (QED) is 0.208. The summed E-state index contributed by atoms with van der Waals surface area (Å²) < 4.78 is 0. The van der Waals surface area contributed by atoms with E-state index in [0.717, 1.165) is 0 Å². The molecule has 0 aliphatic heterocycles. The third kappa shape index (κ3) is 1150. The van der Waals surface area contributed by atoms with E-state index in [1.807, 2.05) is 0 Å². The Bertz CT molecular complexity index is 20.9. The topological polar surface area (TPSA) is 536 Å². The Morgan fingerprint density at radius 3 is 0.0833 bits per heavy atom. The Kier molecular flexibility index (Phi) is 78500. The third-order valence-corrected chi connectivity index (χ3v) is 0. The molecule has 24 heteroatoms. The summed E-state index contributed by atoms with van der Waals surface area (Å²) in [7, 11) is 0. The fourth-order valence-corrected chi connectivity index (χ4v) is 0. The van der Waals surface area contributed by atoms with Crippen LogP contribution in [0.3, 0.4) is 0 Å². The van der Waals surface area contributed by atoms with Gasteiger partial charge in [0.2, 0.25) is 0 Å². The molecule has 17 nitrogen and oxygen atoms in total. The monoisotopic (exact) mass is 754 g/mol. The van der Waals surface area contributed by atoms with Crippen molar-refractivity contribution in [3.63, 3.8) is 0 Å². The Balaban J connectivity index is 0. The molecule has 0 saturated heterocycles. The molecule has 0 aromatic carbocycles. The van der Waals surface area contributed by atoms with Crippen molar-refractivity contribution >= 4 is 0 Å². The maximum absolute atomic E-state index is 0. The van der Waals surface area contributed by atoms with E-state index in [1.54, 1.807) is 0 Å². The van der Waals surface area contributed by atoms with Gasteiger partial charge in [0, 0.05) is 136 Å². The Labute approximate surface area is 227 Å². The average molecular weight is 764 g/mol. The van der Waals surface area contributed by atoms with E-state index in [0.29, 0.717) is 0 Å². The second-order valence-corrected chi connectivity index (χ2v) is 0. The molecule has 0 aliphatic carbocycles. The van der Waals surface area contributed by atoms with Crippen LogP contribution in [0.4, 0.5) is 0 Å². The van der Waals surface area contributed by atoms with Gasteiger partial charge in [-0.25, -0.2) is 0 Å². The van der Waals surface area contributed by atoms with Crippen LogP contribution >= 0.6 is 0 Å². The van der Waals surface area contributed by atoms with Crippen molar-refractivity contribution in [3.8, 4) is 0 Å². The SMILES string of the molecule is O.O.O.O.O.O.O.O.O.O.O.O.O.O.O.O.O.[Zn].[Zn].[Zn].[Zn].[Zn].[Zn].[Zn]. The molecule has 0 aliphatic rings. The first kappa shape index (κ1) is 1450. The van der Waals surface area contributed by atoms with Crippen molar-refractivity contribution in [1.82, 2.24) is 0 Å². The Hall–Kier alpha value is 3.68. The van der Waals surface area contributed by atoms with Crippen LogP contribution in [0.15, 0.2) is 0 Å². The minimum absolute atomic E-state index is 0. The average Bonchev–Trinajstić information content (AvgIpc) is 0. The summed E-state index contributed by atoms with van der Waals surface area (Å²) >= 11 is 0. The standard InChI is InChI=1S/17H2O.7Zn/h17*1H2;;;;;;;. The van der Waals surface area contributed by atoms with Crippen molar-refractivity contribution in [2.75, 3.05) is 0 Å². The molecule has 150 valence electrons. The fourth-order valence-electron chi connectivity index (χ4n) is 0. The number of hydrogen-bond acceptors (Lipinski definition) is 0. The molecular weight excluding hydrogens is 730 g/mol. The summed E-state index contributed by atoms with van der Waals surface area (Å²) in [4.78, 5) is 0. The summed E-state index contributed by atoms with van der Waals surface area (Å²) in [6, 6.07) is 0. The van der Waals surface area contributed by atoms with E-state index in [9.17, 15) is 0 Å². The maximum Gasteiger partial charge on any atom is 0 e. The van der Waals surface area contributed by atoms with E-state index in [1.165, 1.54) is 0 Å². The minimum Gasteiger partial charge on any atom is -0.412 e. The molecule has 0 atom stereocenters. The van der Waals surface area contributed by atoms with Gasteiger partial charge in [0.05, 0.1) is 0 Å². The van der Waals surface area contributed by atoms with E-state index in [-0.39, 0.29) is 229 Å². The van der Waals surface area contributed by atoms with E-state index in [4.69, 9.17) is 0 Å². The van der Waals surface area contributed by atoms with Crippen LogP contribution in [0.5, 0.6) is 0 Å². The summed E-state index contributed by atoms with van der Waals surface area (Å²) in [5, 5.41) is 0. The first-order chi connectivity index (χ1) is 0. The van der Waals surface area contributed by atoms with Gasteiger partial charge in [-0.3, -0.25) is 0 Å². The van der Waals surface area contributed by atoms with E-state index < -0.39 is 0 Å². The van der Waals surface area contributed by atoms with Crippen LogP contribution in [0.1, 0.15) is 0 Å². The summed E-state index contributed by atoms with van der Waals surface area (Å²) in [6.07, 6.45) is 0. The van der Waals surface area contributed by atoms with Crippen molar-refractivity contribution < 1.29 is 229 Å². The zero-order valence-electron chi connectivity index (χ0n) is 13.4. The first-order valence-corrected chi connectivity index (χ1v) is 0. The van der Waals surface area contributed by atoms with Gasteiger partial charge in [-0.1, -0.05) is 0 Å². The van der Waals surface area contributed by atoms with Gasteiger partial charge in [0.1, 0.15) is 0 Å². The zero-order chi connectivity index (χ0) is 0. The normalized spacial score (nSPS) is 0. The van der Waals surface area contributed by atoms with Gasteiger partial charge in [0.25, 0.3) is 0 Å². The predicted molar refractivity (Wildman–Crippen MR) is 61.4 cm³/mol. The van der Waals surface area contributed by atoms with Crippen LogP contribution in [0.25, 0.3) is 0 Å². The summed E-state index contributed by atoms with van der Waals surface area (Å²) in [5.74, 6) is 0. The summed E-state index contributed by atoms with van der Waals surface area (Å²) in [5.41, 5.74) is 0. The second-order valence-electron chi connectivity index (χ2n) is 0. The predicted octanol–water partition coefficient (Wildman–Crippen LogP) is -14.0. The molecule has 0 aromatic heterocycles. The number of hydrogen-bond donors (Lipinski definition) is 0. The van der Waals surface area contributed by atoms with Crippen LogP contribution in [0.2, 0.25) is 0 Å². The van der Waals surface area contributed by atoms with Gasteiger partial charge >= 0.3 is 0 Å². The largest absolute Gasteiger partial charge is 0.412 e. The van der Waals surface area contributed by atoms with Crippen LogP contribution in [0, 0.1) is 0 Å². The fraction of sp³-hybridized carbons (Fsp3) is 0. The van der Waals surface area contributed by atoms with E-state index in [2.05, 4.69) is 0 Å². The maximum atomic E-state index is 0. The number of rotatable bonds is 0. The van der Waals surface area contributed by atoms with Crippen molar-refractivity contribution in [2.24, 2.45) is 0 Å². The van der Waals surface area contributed by atoms with Crippen molar-refractivity contribution in [2.45, 2.75) is 0 Å². The molecule has 0 heterocycles. The molecule has 0 fully saturated rings. The van der Waals surface area contributed by atoms with E-state index >= 15 is 0 Å². The second kappa shape index (κ2) is 1300. The third-order valence-electron chi connectivity index (χ3n) is 0.